The van der Waals surface area contributed by atoms with Crippen molar-refractivity contribution in [3.63, 3.8) is 0 Å². The minimum Gasteiger partial charge on any atom is -0.369 e. The molecule has 0 aliphatic heterocycles. The first-order chi connectivity index (χ1) is 7.27. The van der Waals surface area contributed by atoms with Crippen LogP contribution in [0, 0.1) is 5.92 Å². The summed E-state index contributed by atoms with van der Waals surface area (Å²) >= 11 is 0. The van der Waals surface area contributed by atoms with Crippen molar-refractivity contribution in [1.29, 1.82) is 0 Å². The average Bonchev–Trinajstić information content (AvgIpc) is 2.30. The molecule has 2 nitrogen and oxygen atoms in total. The second-order valence-corrected chi connectivity index (χ2v) is 4.37. The van der Waals surface area contributed by atoms with Gasteiger partial charge in [0.25, 0.3) is 0 Å². The normalized spacial score (nSPS) is 26.1. The lowest BCUT2D eigenvalue weighted by atomic mass is 9.78. The minimum atomic E-state index is -0.129. The Morgan fingerprint density at radius 2 is 1.93 bits per heavy atom. The molecule has 2 heteroatoms. The van der Waals surface area contributed by atoms with E-state index < -0.39 is 0 Å². The van der Waals surface area contributed by atoms with Crippen LogP contribution in [0.4, 0.5) is 0 Å². The van der Waals surface area contributed by atoms with E-state index in [0.29, 0.717) is 5.92 Å². The van der Waals surface area contributed by atoms with Crippen LogP contribution in [-0.2, 0) is 4.79 Å². The molecule has 2 rings (SSSR count). The molecule has 1 saturated carbocycles. The molecule has 0 radical (unpaired) electrons. The summed E-state index contributed by atoms with van der Waals surface area (Å²) in [6.45, 7) is 0. The number of nitrogens with two attached hydrogens (primary N) is 1. The summed E-state index contributed by atoms with van der Waals surface area (Å²) in [5, 5.41) is 0. The average molecular weight is 203 g/mol. The number of amides is 1. The molecule has 1 unspecified atom stereocenters. The van der Waals surface area contributed by atoms with Gasteiger partial charge in [0.2, 0.25) is 5.91 Å². The Bertz CT molecular complexity index is 334. The van der Waals surface area contributed by atoms with E-state index >= 15 is 0 Å². The van der Waals surface area contributed by atoms with Crippen LogP contribution in [0.5, 0.6) is 0 Å². The molecular weight excluding hydrogens is 186 g/mol. The molecule has 0 heterocycles. The van der Waals surface area contributed by atoms with Crippen molar-refractivity contribution in [3.05, 3.63) is 35.9 Å². The Morgan fingerprint density at radius 1 is 1.20 bits per heavy atom. The van der Waals surface area contributed by atoms with Crippen molar-refractivity contribution in [3.8, 4) is 0 Å². The Morgan fingerprint density at radius 3 is 2.60 bits per heavy atom. The fourth-order valence-electron chi connectivity index (χ4n) is 2.48. The molecule has 1 aromatic rings. The van der Waals surface area contributed by atoms with Gasteiger partial charge in [0.05, 0.1) is 0 Å². The number of primary amides is 1. The van der Waals surface area contributed by atoms with E-state index in [9.17, 15) is 4.79 Å². The third-order valence-corrected chi connectivity index (χ3v) is 3.35. The summed E-state index contributed by atoms with van der Waals surface area (Å²) in [7, 11) is 0. The van der Waals surface area contributed by atoms with E-state index in [1.165, 1.54) is 12.0 Å². The van der Waals surface area contributed by atoms with Crippen molar-refractivity contribution in [2.75, 3.05) is 0 Å². The molecule has 0 saturated heterocycles. The van der Waals surface area contributed by atoms with Crippen LogP contribution < -0.4 is 5.73 Å². The topological polar surface area (TPSA) is 43.1 Å². The Kier molecular flexibility index (Phi) is 3.05. The lowest BCUT2D eigenvalue weighted by Gasteiger charge is -2.27. The van der Waals surface area contributed by atoms with Gasteiger partial charge in [-0.05, 0) is 30.7 Å². The van der Waals surface area contributed by atoms with Gasteiger partial charge >= 0.3 is 0 Å². The van der Waals surface area contributed by atoms with E-state index in [2.05, 4.69) is 24.3 Å². The number of hydrogen-bond donors (Lipinski definition) is 1. The highest BCUT2D eigenvalue weighted by Gasteiger charge is 2.26. The number of hydrogen-bond acceptors (Lipinski definition) is 1. The minimum absolute atomic E-state index is 0.0870. The summed E-state index contributed by atoms with van der Waals surface area (Å²) in [4.78, 5) is 11.2. The standard InChI is InChI=1S/C13H17NO/c14-13(15)12-8-4-7-11(9-12)10-5-2-1-3-6-10/h1-3,5-6,11-12H,4,7-9H2,(H2,14,15)/t11?,12-/m1/s1. The second kappa shape index (κ2) is 4.47. The van der Waals surface area contributed by atoms with Gasteiger partial charge in [0, 0.05) is 5.92 Å². The van der Waals surface area contributed by atoms with Crippen molar-refractivity contribution in [2.45, 2.75) is 31.6 Å². The summed E-state index contributed by atoms with van der Waals surface area (Å²) < 4.78 is 0. The maximum Gasteiger partial charge on any atom is 0.220 e. The largest absolute Gasteiger partial charge is 0.369 e. The molecule has 0 bridgehead atoms. The second-order valence-electron chi connectivity index (χ2n) is 4.37. The highest BCUT2D eigenvalue weighted by molar-refractivity contribution is 5.76. The number of rotatable bonds is 2. The van der Waals surface area contributed by atoms with E-state index in [0.717, 1.165) is 19.3 Å². The van der Waals surface area contributed by atoms with Crippen LogP contribution in [0.3, 0.4) is 0 Å². The fourth-order valence-corrected chi connectivity index (χ4v) is 2.48. The van der Waals surface area contributed by atoms with Crippen LogP contribution in [0.2, 0.25) is 0 Å². The highest BCUT2D eigenvalue weighted by Crippen LogP contribution is 2.35. The zero-order valence-corrected chi connectivity index (χ0v) is 8.86. The summed E-state index contributed by atoms with van der Waals surface area (Å²) in [6, 6.07) is 10.4. The molecule has 1 amide bonds. The highest BCUT2D eigenvalue weighted by atomic mass is 16.1. The molecule has 1 aliphatic carbocycles. The Balaban J connectivity index is 2.08. The molecule has 2 atom stereocenters. The van der Waals surface area contributed by atoms with Gasteiger partial charge in [-0.2, -0.15) is 0 Å². The van der Waals surface area contributed by atoms with Gasteiger partial charge < -0.3 is 5.73 Å². The van der Waals surface area contributed by atoms with Gasteiger partial charge in [-0.25, -0.2) is 0 Å². The van der Waals surface area contributed by atoms with Crippen molar-refractivity contribution in [1.82, 2.24) is 0 Å². The van der Waals surface area contributed by atoms with E-state index in [4.69, 9.17) is 5.73 Å². The molecule has 80 valence electrons. The van der Waals surface area contributed by atoms with Crippen LogP contribution in [0.1, 0.15) is 37.2 Å². The maximum atomic E-state index is 11.2. The first-order valence-electron chi connectivity index (χ1n) is 5.61. The van der Waals surface area contributed by atoms with Crippen molar-refractivity contribution < 1.29 is 4.79 Å². The number of carbonyl (C=O) groups is 1. The molecule has 1 aromatic carbocycles. The van der Waals surface area contributed by atoms with Crippen LogP contribution in [-0.4, -0.2) is 5.91 Å². The predicted molar refractivity (Wildman–Crippen MR) is 60.3 cm³/mol. The summed E-state index contributed by atoms with van der Waals surface area (Å²) in [5.41, 5.74) is 6.72. The van der Waals surface area contributed by atoms with Gasteiger partial charge in [-0.3, -0.25) is 4.79 Å². The quantitative estimate of drug-likeness (QED) is 0.788. The molecule has 0 spiro atoms. The molecule has 2 N–H and O–H groups in total. The van der Waals surface area contributed by atoms with Crippen molar-refractivity contribution in [2.24, 2.45) is 11.7 Å². The summed E-state index contributed by atoms with van der Waals surface area (Å²) in [5.74, 6) is 0.483. The van der Waals surface area contributed by atoms with E-state index in [-0.39, 0.29) is 11.8 Å². The molecule has 0 aromatic heterocycles. The van der Waals surface area contributed by atoms with E-state index in [1.807, 2.05) is 6.07 Å². The third kappa shape index (κ3) is 2.38. The fraction of sp³-hybridized carbons (Fsp3) is 0.462. The van der Waals surface area contributed by atoms with Crippen LogP contribution >= 0.6 is 0 Å². The van der Waals surface area contributed by atoms with E-state index in [1.54, 1.807) is 0 Å². The SMILES string of the molecule is NC(=O)[C@@H]1CCCC(c2ccccc2)C1. The van der Waals surface area contributed by atoms with Gasteiger partial charge in [-0.1, -0.05) is 36.8 Å². The Labute approximate surface area is 90.5 Å². The summed E-state index contributed by atoms with van der Waals surface area (Å²) in [6.07, 6.45) is 4.21. The van der Waals surface area contributed by atoms with Gasteiger partial charge in [0.1, 0.15) is 0 Å². The molecule has 1 fully saturated rings. The van der Waals surface area contributed by atoms with Crippen LogP contribution in [0.15, 0.2) is 30.3 Å². The first kappa shape index (κ1) is 10.2. The lowest BCUT2D eigenvalue weighted by Crippen LogP contribution is -2.27. The third-order valence-electron chi connectivity index (χ3n) is 3.35. The molecule has 15 heavy (non-hydrogen) atoms. The van der Waals surface area contributed by atoms with Crippen molar-refractivity contribution >= 4 is 5.91 Å². The van der Waals surface area contributed by atoms with Crippen LogP contribution in [0.25, 0.3) is 0 Å². The number of carbonyl (C=O) groups excluding carboxylic acids is 1. The molecular formula is C13H17NO. The predicted octanol–water partition coefficient (Wildman–Crippen LogP) is 2.45. The monoisotopic (exact) mass is 203 g/mol. The lowest BCUT2D eigenvalue weighted by molar-refractivity contribution is -0.122. The van der Waals surface area contributed by atoms with Gasteiger partial charge in [-0.15, -0.1) is 0 Å². The first-order valence-corrected chi connectivity index (χ1v) is 5.61. The maximum absolute atomic E-state index is 11.2. The smallest absolute Gasteiger partial charge is 0.220 e. The number of benzene rings is 1. The molecule has 1 aliphatic rings. The Hall–Kier alpha value is -1.31. The zero-order chi connectivity index (χ0) is 10.7. The van der Waals surface area contributed by atoms with Gasteiger partial charge in [0.15, 0.2) is 0 Å². The zero-order valence-electron chi connectivity index (χ0n) is 8.86.